The maximum atomic E-state index is 12.9. The number of ether oxygens (including phenoxy) is 3. The Balaban J connectivity index is 1.34. The van der Waals surface area contributed by atoms with Gasteiger partial charge in [0.05, 0.1) is 16.1 Å². The predicted molar refractivity (Wildman–Crippen MR) is 128 cm³/mol. The zero-order valence-electron chi connectivity index (χ0n) is 19.1. The molecular formula is C25H24N2O7S. The highest BCUT2D eigenvalue weighted by atomic mass is 32.2. The van der Waals surface area contributed by atoms with Gasteiger partial charge in [-0.3, -0.25) is 9.10 Å². The number of rotatable bonds is 8. The molecule has 182 valence electrons. The standard InChI is InChI=1S/C25H24N2O7S/c1-17(24(28)26-15-18-8-13-22-23(14-18)33-16-32-22)34-25(29)19-9-11-21(12-10-19)35(30,31)27(2)20-6-4-3-5-7-20/h3-14,17H,15-16H2,1-2H3,(H,26,28). The van der Waals surface area contributed by atoms with Crippen LogP contribution in [0.1, 0.15) is 22.8 Å². The third kappa shape index (κ3) is 5.38. The second-order valence-corrected chi connectivity index (χ2v) is 9.75. The van der Waals surface area contributed by atoms with Crippen LogP contribution in [-0.2, 0) is 26.1 Å². The molecular weight excluding hydrogens is 472 g/mol. The second kappa shape index (κ2) is 10.1. The summed E-state index contributed by atoms with van der Waals surface area (Å²) in [5.74, 6) is 0.0420. The summed E-state index contributed by atoms with van der Waals surface area (Å²) in [7, 11) is -2.35. The van der Waals surface area contributed by atoms with Gasteiger partial charge in [0.25, 0.3) is 15.9 Å². The van der Waals surface area contributed by atoms with E-state index in [1.807, 2.05) is 0 Å². The van der Waals surface area contributed by atoms with Gasteiger partial charge in [-0.05, 0) is 61.0 Å². The lowest BCUT2D eigenvalue weighted by Crippen LogP contribution is -2.35. The molecule has 10 heteroatoms. The molecule has 1 atom stereocenters. The van der Waals surface area contributed by atoms with E-state index in [2.05, 4.69) is 5.32 Å². The Kier molecular flexibility index (Phi) is 6.92. The molecule has 3 aromatic carbocycles. The van der Waals surface area contributed by atoms with Gasteiger partial charge in [0.2, 0.25) is 6.79 Å². The number of nitrogens with zero attached hydrogens (tertiary/aromatic N) is 1. The third-order valence-corrected chi connectivity index (χ3v) is 7.22. The fourth-order valence-corrected chi connectivity index (χ4v) is 4.56. The highest BCUT2D eigenvalue weighted by molar-refractivity contribution is 7.92. The van der Waals surface area contributed by atoms with Crippen LogP contribution >= 0.6 is 0 Å². The smallest absolute Gasteiger partial charge is 0.338 e. The van der Waals surface area contributed by atoms with Crippen molar-refractivity contribution in [3.8, 4) is 11.5 Å². The first-order valence-corrected chi connectivity index (χ1v) is 12.2. The van der Waals surface area contributed by atoms with Crippen molar-refractivity contribution in [2.75, 3.05) is 18.1 Å². The van der Waals surface area contributed by atoms with Crippen molar-refractivity contribution in [3.05, 3.63) is 83.9 Å². The number of sulfonamides is 1. The number of anilines is 1. The predicted octanol–water partition coefficient (Wildman–Crippen LogP) is 3.10. The molecule has 0 spiro atoms. The molecule has 0 saturated carbocycles. The van der Waals surface area contributed by atoms with Crippen LogP contribution in [-0.4, -0.2) is 40.2 Å². The number of fused-ring (bicyclic) bond motifs is 1. The average Bonchev–Trinajstić information content (AvgIpc) is 3.35. The summed E-state index contributed by atoms with van der Waals surface area (Å²) in [5.41, 5.74) is 1.44. The van der Waals surface area contributed by atoms with Crippen LogP contribution in [0.15, 0.2) is 77.7 Å². The van der Waals surface area contributed by atoms with Crippen LogP contribution in [0.25, 0.3) is 0 Å². The maximum Gasteiger partial charge on any atom is 0.338 e. The van der Waals surface area contributed by atoms with E-state index in [4.69, 9.17) is 14.2 Å². The van der Waals surface area contributed by atoms with Gasteiger partial charge < -0.3 is 19.5 Å². The topological polar surface area (TPSA) is 111 Å². The summed E-state index contributed by atoms with van der Waals surface area (Å²) in [6, 6.07) is 19.3. The highest BCUT2D eigenvalue weighted by Crippen LogP contribution is 2.32. The monoisotopic (exact) mass is 496 g/mol. The Morgan fingerprint density at radius 2 is 1.69 bits per heavy atom. The van der Waals surface area contributed by atoms with E-state index in [1.165, 1.54) is 38.2 Å². The molecule has 1 heterocycles. The Morgan fingerprint density at radius 3 is 2.40 bits per heavy atom. The van der Waals surface area contributed by atoms with E-state index in [-0.39, 0.29) is 23.8 Å². The first-order valence-electron chi connectivity index (χ1n) is 10.8. The van der Waals surface area contributed by atoms with E-state index >= 15 is 0 Å². The highest BCUT2D eigenvalue weighted by Gasteiger charge is 2.23. The molecule has 0 bridgehead atoms. The fourth-order valence-electron chi connectivity index (χ4n) is 3.36. The molecule has 1 aliphatic heterocycles. The number of carbonyl (C=O) groups excluding carboxylic acids is 2. The molecule has 9 nitrogen and oxygen atoms in total. The van der Waals surface area contributed by atoms with Crippen LogP contribution in [0, 0.1) is 0 Å². The minimum Gasteiger partial charge on any atom is -0.454 e. The van der Waals surface area contributed by atoms with Crippen LogP contribution in [0.3, 0.4) is 0 Å². The molecule has 3 aromatic rings. The van der Waals surface area contributed by atoms with E-state index in [9.17, 15) is 18.0 Å². The van der Waals surface area contributed by atoms with Crippen molar-refractivity contribution in [2.45, 2.75) is 24.5 Å². The maximum absolute atomic E-state index is 12.9. The zero-order valence-corrected chi connectivity index (χ0v) is 19.9. The van der Waals surface area contributed by atoms with Crippen molar-refractivity contribution in [2.24, 2.45) is 0 Å². The lowest BCUT2D eigenvalue weighted by molar-refractivity contribution is -0.129. The van der Waals surface area contributed by atoms with Gasteiger partial charge in [-0.25, -0.2) is 13.2 Å². The Labute approximate surface area is 203 Å². The number of hydrogen-bond acceptors (Lipinski definition) is 7. The summed E-state index contributed by atoms with van der Waals surface area (Å²) in [6.45, 7) is 1.84. The van der Waals surface area contributed by atoms with Crippen molar-refractivity contribution in [3.63, 3.8) is 0 Å². The molecule has 0 aromatic heterocycles. The minimum atomic E-state index is -3.81. The molecule has 0 aliphatic carbocycles. The summed E-state index contributed by atoms with van der Waals surface area (Å²) >= 11 is 0. The first-order chi connectivity index (χ1) is 16.8. The largest absolute Gasteiger partial charge is 0.454 e. The number of benzene rings is 3. The number of amides is 1. The quantitative estimate of drug-likeness (QED) is 0.477. The van der Waals surface area contributed by atoms with Crippen LogP contribution in [0.4, 0.5) is 5.69 Å². The van der Waals surface area contributed by atoms with Crippen molar-refractivity contribution < 1.29 is 32.2 Å². The van der Waals surface area contributed by atoms with Crippen molar-refractivity contribution in [1.29, 1.82) is 0 Å². The molecule has 4 rings (SSSR count). The van der Waals surface area contributed by atoms with Crippen LogP contribution in [0.5, 0.6) is 11.5 Å². The van der Waals surface area contributed by atoms with Crippen molar-refractivity contribution >= 4 is 27.6 Å². The lowest BCUT2D eigenvalue weighted by atomic mass is 10.2. The van der Waals surface area contributed by atoms with Crippen LogP contribution in [0.2, 0.25) is 0 Å². The van der Waals surface area contributed by atoms with Gasteiger partial charge in [-0.1, -0.05) is 24.3 Å². The summed E-state index contributed by atoms with van der Waals surface area (Å²) in [6.07, 6.45) is -1.05. The molecule has 35 heavy (non-hydrogen) atoms. The molecule has 0 radical (unpaired) electrons. The summed E-state index contributed by atoms with van der Waals surface area (Å²) in [5, 5.41) is 2.71. The zero-order chi connectivity index (χ0) is 25.0. The number of nitrogens with one attached hydrogen (secondary N) is 1. The van der Waals surface area contributed by atoms with E-state index in [0.29, 0.717) is 17.2 Å². The van der Waals surface area contributed by atoms with Gasteiger partial charge in [-0.15, -0.1) is 0 Å². The minimum absolute atomic E-state index is 0.0231. The van der Waals surface area contributed by atoms with E-state index in [1.54, 1.807) is 48.5 Å². The van der Waals surface area contributed by atoms with Gasteiger partial charge in [0.15, 0.2) is 17.6 Å². The van der Waals surface area contributed by atoms with Gasteiger partial charge in [0.1, 0.15) is 0 Å². The summed E-state index contributed by atoms with van der Waals surface area (Å²) < 4.78 is 42.7. The first kappa shape index (κ1) is 24.1. The molecule has 1 amide bonds. The van der Waals surface area contributed by atoms with Gasteiger partial charge in [-0.2, -0.15) is 0 Å². The Morgan fingerprint density at radius 1 is 1.00 bits per heavy atom. The average molecular weight is 497 g/mol. The molecule has 0 fully saturated rings. The molecule has 1 N–H and O–H groups in total. The van der Waals surface area contributed by atoms with Crippen molar-refractivity contribution in [1.82, 2.24) is 5.32 Å². The second-order valence-electron chi connectivity index (χ2n) is 7.79. The molecule has 0 saturated heterocycles. The lowest BCUT2D eigenvalue weighted by Gasteiger charge is -2.19. The van der Waals surface area contributed by atoms with Gasteiger partial charge >= 0.3 is 5.97 Å². The number of esters is 1. The fraction of sp³-hybridized carbons (Fsp3) is 0.200. The summed E-state index contributed by atoms with van der Waals surface area (Å²) in [4.78, 5) is 24.9. The number of carbonyl (C=O) groups is 2. The number of hydrogen-bond donors (Lipinski definition) is 1. The van der Waals surface area contributed by atoms with Gasteiger partial charge in [0, 0.05) is 13.6 Å². The van der Waals surface area contributed by atoms with Crippen LogP contribution < -0.4 is 19.1 Å². The molecule has 1 aliphatic rings. The van der Waals surface area contributed by atoms with E-state index in [0.717, 1.165) is 9.87 Å². The Hall–Kier alpha value is -4.05. The number of para-hydroxylation sites is 1. The van der Waals surface area contributed by atoms with E-state index < -0.39 is 28.0 Å². The SMILES string of the molecule is CC(OC(=O)c1ccc(S(=O)(=O)N(C)c2ccccc2)cc1)C(=O)NCc1ccc2c(c1)OCO2. The third-order valence-electron chi connectivity index (χ3n) is 5.42. The Bertz CT molecular complexity index is 1330. The normalized spacial score (nSPS) is 13.1. The molecule has 1 unspecified atom stereocenters.